The molecular weight excluding hydrogens is 278 g/mol. The summed E-state index contributed by atoms with van der Waals surface area (Å²) in [5, 5.41) is 13.6. The van der Waals surface area contributed by atoms with Gasteiger partial charge < -0.3 is 15.4 Å². The summed E-state index contributed by atoms with van der Waals surface area (Å²) >= 11 is 0. The Kier molecular flexibility index (Phi) is 4.16. The van der Waals surface area contributed by atoms with E-state index in [-0.39, 0.29) is 0 Å². The van der Waals surface area contributed by atoms with Gasteiger partial charge in [0.05, 0.1) is 0 Å². The fraction of sp³-hybridized carbons (Fsp3) is 0.176. The molecule has 0 bridgehead atoms. The van der Waals surface area contributed by atoms with Gasteiger partial charge in [0.1, 0.15) is 6.04 Å². The molecule has 1 atom stereocenters. The molecule has 0 unspecified atom stereocenters. The zero-order valence-corrected chi connectivity index (χ0v) is 12.0. The van der Waals surface area contributed by atoms with Crippen molar-refractivity contribution in [3.8, 4) is 0 Å². The molecule has 1 aromatic carbocycles. The Morgan fingerprint density at radius 3 is 2.77 bits per heavy atom. The number of H-pyrrole nitrogens is 1. The standard InChI is InChI=1S/C17H17N3O2/c21-17(22)16(19-10-12-5-7-18-8-6-12)9-13-11-20-15-4-2-1-3-14(13)15/h1-8,11,16,19-20H,9-10H2,(H,21,22)/t16-/m1/s1. The molecule has 2 aromatic heterocycles. The summed E-state index contributed by atoms with van der Waals surface area (Å²) in [6.45, 7) is 0.502. The number of nitrogens with zero attached hydrogens (tertiary/aromatic N) is 1. The Morgan fingerprint density at radius 2 is 2.00 bits per heavy atom. The monoisotopic (exact) mass is 295 g/mol. The van der Waals surface area contributed by atoms with Gasteiger partial charge in [-0.15, -0.1) is 0 Å². The lowest BCUT2D eigenvalue weighted by Gasteiger charge is -2.14. The summed E-state index contributed by atoms with van der Waals surface area (Å²) in [5.41, 5.74) is 3.04. The maximum atomic E-state index is 11.5. The largest absolute Gasteiger partial charge is 0.480 e. The third kappa shape index (κ3) is 3.15. The molecule has 5 heteroatoms. The third-order valence-electron chi connectivity index (χ3n) is 3.70. The number of hydrogen-bond donors (Lipinski definition) is 3. The van der Waals surface area contributed by atoms with E-state index in [9.17, 15) is 9.90 Å². The highest BCUT2D eigenvalue weighted by atomic mass is 16.4. The predicted octanol–water partition coefficient (Wildman–Crippen LogP) is 2.35. The summed E-state index contributed by atoms with van der Waals surface area (Å²) in [6.07, 6.45) is 5.72. The van der Waals surface area contributed by atoms with Gasteiger partial charge in [-0.25, -0.2) is 0 Å². The number of benzene rings is 1. The Bertz CT molecular complexity index is 768. The summed E-state index contributed by atoms with van der Waals surface area (Å²) in [7, 11) is 0. The lowest BCUT2D eigenvalue weighted by molar-refractivity contribution is -0.139. The maximum Gasteiger partial charge on any atom is 0.321 e. The molecule has 0 saturated heterocycles. The molecule has 3 N–H and O–H groups in total. The first kappa shape index (κ1) is 14.3. The van der Waals surface area contributed by atoms with Gasteiger partial charge in [0.25, 0.3) is 0 Å². The van der Waals surface area contributed by atoms with Gasteiger partial charge in [0, 0.05) is 42.5 Å². The van der Waals surface area contributed by atoms with Crippen molar-refractivity contribution in [3.05, 3.63) is 66.1 Å². The Hall–Kier alpha value is -2.66. The predicted molar refractivity (Wildman–Crippen MR) is 84.5 cm³/mol. The molecule has 0 radical (unpaired) electrons. The second-order valence-corrected chi connectivity index (χ2v) is 5.19. The van der Waals surface area contributed by atoms with Gasteiger partial charge in [-0.2, -0.15) is 0 Å². The number of aromatic amines is 1. The zero-order chi connectivity index (χ0) is 15.4. The number of carboxylic acid groups (broad SMARTS) is 1. The molecule has 0 aliphatic carbocycles. The molecule has 0 saturated carbocycles. The highest BCUT2D eigenvalue weighted by Crippen LogP contribution is 2.19. The molecule has 0 amide bonds. The van der Waals surface area contributed by atoms with Crippen LogP contribution in [0.5, 0.6) is 0 Å². The van der Waals surface area contributed by atoms with Crippen molar-refractivity contribution in [1.82, 2.24) is 15.3 Å². The molecule has 0 spiro atoms. The molecule has 2 heterocycles. The van der Waals surface area contributed by atoms with E-state index in [0.717, 1.165) is 22.0 Å². The lowest BCUT2D eigenvalue weighted by atomic mass is 10.0. The van der Waals surface area contributed by atoms with Crippen LogP contribution in [0.4, 0.5) is 0 Å². The minimum Gasteiger partial charge on any atom is -0.480 e. The van der Waals surface area contributed by atoms with Crippen molar-refractivity contribution in [2.24, 2.45) is 0 Å². The van der Waals surface area contributed by atoms with E-state index in [4.69, 9.17) is 0 Å². The van der Waals surface area contributed by atoms with Crippen LogP contribution in [0, 0.1) is 0 Å². The van der Waals surface area contributed by atoms with E-state index in [1.165, 1.54) is 0 Å². The number of carbonyl (C=O) groups is 1. The van der Waals surface area contributed by atoms with Crippen molar-refractivity contribution >= 4 is 16.9 Å². The molecule has 0 fully saturated rings. The Morgan fingerprint density at radius 1 is 1.23 bits per heavy atom. The average molecular weight is 295 g/mol. The first-order chi connectivity index (χ1) is 10.7. The minimum atomic E-state index is -0.848. The van der Waals surface area contributed by atoms with E-state index in [1.54, 1.807) is 12.4 Å². The average Bonchev–Trinajstić information content (AvgIpc) is 2.95. The van der Waals surface area contributed by atoms with Crippen LogP contribution in [0.1, 0.15) is 11.1 Å². The summed E-state index contributed by atoms with van der Waals surface area (Å²) in [5.74, 6) is -0.848. The number of hydrogen-bond acceptors (Lipinski definition) is 3. The molecule has 3 rings (SSSR count). The fourth-order valence-electron chi connectivity index (χ4n) is 2.51. The normalized spacial score (nSPS) is 12.4. The molecule has 112 valence electrons. The van der Waals surface area contributed by atoms with Crippen LogP contribution in [0.3, 0.4) is 0 Å². The van der Waals surface area contributed by atoms with Crippen LogP contribution in [0.15, 0.2) is 55.0 Å². The topological polar surface area (TPSA) is 78.0 Å². The van der Waals surface area contributed by atoms with Crippen molar-refractivity contribution < 1.29 is 9.90 Å². The molecule has 22 heavy (non-hydrogen) atoms. The smallest absolute Gasteiger partial charge is 0.321 e. The zero-order valence-electron chi connectivity index (χ0n) is 12.0. The van der Waals surface area contributed by atoms with Crippen LogP contribution >= 0.6 is 0 Å². The number of carboxylic acids is 1. The van der Waals surface area contributed by atoms with Gasteiger partial charge >= 0.3 is 5.97 Å². The number of aromatic nitrogens is 2. The highest BCUT2D eigenvalue weighted by molar-refractivity contribution is 5.84. The third-order valence-corrected chi connectivity index (χ3v) is 3.70. The summed E-state index contributed by atoms with van der Waals surface area (Å²) < 4.78 is 0. The first-order valence-electron chi connectivity index (χ1n) is 7.14. The number of para-hydroxylation sites is 1. The molecule has 3 aromatic rings. The number of aliphatic carboxylic acids is 1. The molecule has 0 aliphatic rings. The molecule has 0 aliphatic heterocycles. The van der Waals surface area contributed by atoms with Crippen molar-refractivity contribution in [3.63, 3.8) is 0 Å². The fourth-order valence-corrected chi connectivity index (χ4v) is 2.51. The van der Waals surface area contributed by atoms with E-state index >= 15 is 0 Å². The lowest BCUT2D eigenvalue weighted by Crippen LogP contribution is -2.38. The number of rotatable bonds is 6. The van der Waals surface area contributed by atoms with E-state index in [0.29, 0.717) is 13.0 Å². The van der Waals surface area contributed by atoms with Gasteiger partial charge in [0.2, 0.25) is 0 Å². The van der Waals surface area contributed by atoms with Gasteiger partial charge in [-0.3, -0.25) is 9.78 Å². The minimum absolute atomic E-state index is 0.435. The van der Waals surface area contributed by atoms with Crippen LogP contribution in [0.2, 0.25) is 0 Å². The van der Waals surface area contributed by atoms with Gasteiger partial charge in [0.15, 0.2) is 0 Å². The number of nitrogens with one attached hydrogen (secondary N) is 2. The van der Waals surface area contributed by atoms with Crippen LogP contribution in [-0.2, 0) is 17.8 Å². The van der Waals surface area contributed by atoms with Crippen molar-refractivity contribution in [2.45, 2.75) is 19.0 Å². The Labute approximate surface area is 128 Å². The quantitative estimate of drug-likeness (QED) is 0.652. The summed E-state index contributed by atoms with van der Waals surface area (Å²) in [6, 6.07) is 11.0. The van der Waals surface area contributed by atoms with Crippen LogP contribution in [0.25, 0.3) is 10.9 Å². The molecular formula is C17H17N3O2. The van der Waals surface area contributed by atoms with Crippen LogP contribution < -0.4 is 5.32 Å². The van der Waals surface area contributed by atoms with E-state index in [1.807, 2.05) is 42.6 Å². The van der Waals surface area contributed by atoms with E-state index < -0.39 is 12.0 Å². The van der Waals surface area contributed by atoms with Crippen LogP contribution in [-0.4, -0.2) is 27.1 Å². The van der Waals surface area contributed by atoms with Gasteiger partial charge in [-0.1, -0.05) is 18.2 Å². The molecule has 5 nitrogen and oxygen atoms in total. The van der Waals surface area contributed by atoms with Crippen molar-refractivity contribution in [2.75, 3.05) is 0 Å². The number of pyridine rings is 1. The number of fused-ring (bicyclic) bond motifs is 1. The highest BCUT2D eigenvalue weighted by Gasteiger charge is 2.19. The SMILES string of the molecule is O=C(O)[C@@H](Cc1c[nH]c2ccccc12)NCc1ccncc1. The van der Waals surface area contributed by atoms with Crippen molar-refractivity contribution in [1.29, 1.82) is 0 Å². The summed E-state index contributed by atoms with van der Waals surface area (Å²) in [4.78, 5) is 18.6. The second kappa shape index (κ2) is 6.41. The Balaban J connectivity index is 1.73. The maximum absolute atomic E-state index is 11.5. The first-order valence-corrected chi connectivity index (χ1v) is 7.14. The van der Waals surface area contributed by atoms with Gasteiger partial charge in [-0.05, 0) is 29.3 Å². The van der Waals surface area contributed by atoms with E-state index in [2.05, 4.69) is 15.3 Å². The second-order valence-electron chi connectivity index (χ2n) is 5.19.